The summed E-state index contributed by atoms with van der Waals surface area (Å²) in [4.78, 5) is 4.44. The fraction of sp³-hybridized carbons (Fsp3) is 0.0714. The maximum atomic E-state index is 4.44. The number of rotatable bonds is 1. The van der Waals surface area contributed by atoms with Crippen LogP contribution in [0.25, 0.3) is 0 Å². The van der Waals surface area contributed by atoms with Crippen molar-refractivity contribution in [3.05, 3.63) is 65.7 Å². The highest BCUT2D eigenvalue weighted by atomic mass is 79.9. The SMILES string of the molecule is BrC1=Nc2ccccc2C(c2ccccc2)N1. The van der Waals surface area contributed by atoms with Crippen molar-refractivity contribution in [1.29, 1.82) is 0 Å². The van der Waals surface area contributed by atoms with Crippen LogP contribution < -0.4 is 5.32 Å². The molecule has 0 bridgehead atoms. The third-order valence-electron chi connectivity index (χ3n) is 2.86. The Morgan fingerprint density at radius 3 is 2.47 bits per heavy atom. The standard InChI is InChI=1S/C14H11BrN2/c15-14-16-12-9-5-4-8-11(12)13(17-14)10-6-2-1-3-7-10/h1-9,13H,(H,16,17). The minimum atomic E-state index is 0.166. The van der Waals surface area contributed by atoms with Gasteiger partial charge in [-0.05, 0) is 27.6 Å². The lowest BCUT2D eigenvalue weighted by Gasteiger charge is -2.25. The van der Waals surface area contributed by atoms with E-state index in [-0.39, 0.29) is 6.04 Å². The quantitative estimate of drug-likeness (QED) is 0.793. The first-order chi connectivity index (χ1) is 8.34. The molecule has 1 unspecified atom stereocenters. The van der Waals surface area contributed by atoms with Gasteiger partial charge in [-0.15, -0.1) is 0 Å². The van der Waals surface area contributed by atoms with E-state index in [9.17, 15) is 0 Å². The van der Waals surface area contributed by atoms with E-state index in [1.807, 2.05) is 24.3 Å². The second-order valence-corrected chi connectivity index (χ2v) is 4.70. The summed E-state index contributed by atoms with van der Waals surface area (Å²) >= 11 is 3.43. The largest absolute Gasteiger partial charge is 0.353 e. The zero-order chi connectivity index (χ0) is 11.7. The summed E-state index contributed by atoms with van der Waals surface area (Å²) < 4.78 is 0.782. The molecular formula is C14H11BrN2. The minimum Gasteiger partial charge on any atom is -0.353 e. The second kappa shape index (κ2) is 4.34. The number of hydrogen-bond acceptors (Lipinski definition) is 2. The second-order valence-electron chi connectivity index (χ2n) is 3.95. The summed E-state index contributed by atoms with van der Waals surface area (Å²) in [7, 11) is 0. The van der Waals surface area contributed by atoms with Gasteiger partial charge in [0.2, 0.25) is 0 Å². The third-order valence-corrected chi connectivity index (χ3v) is 3.27. The van der Waals surface area contributed by atoms with Crippen molar-refractivity contribution in [1.82, 2.24) is 5.32 Å². The molecule has 0 spiro atoms. The van der Waals surface area contributed by atoms with E-state index >= 15 is 0 Å². The van der Waals surface area contributed by atoms with Gasteiger partial charge in [0.15, 0.2) is 4.74 Å². The monoisotopic (exact) mass is 286 g/mol. The zero-order valence-corrected chi connectivity index (χ0v) is 10.7. The molecule has 0 saturated heterocycles. The van der Waals surface area contributed by atoms with Crippen molar-refractivity contribution in [3.63, 3.8) is 0 Å². The van der Waals surface area contributed by atoms with Crippen molar-refractivity contribution in [2.45, 2.75) is 6.04 Å². The number of halogens is 1. The van der Waals surface area contributed by atoms with E-state index in [4.69, 9.17) is 0 Å². The highest BCUT2D eigenvalue weighted by Crippen LogP contribution is 2.33. The Kier molecular flexibility index (Phi) is 2.69. The third kappa shape index (κ3) is 1.98. The van der Waals surface area contributed by atoms with E-state index in [1.54, 1.807) is 0 Å². The van der Waals surface area contributed by atoms with Crippen LogP contribution >= 0.6 is 15.9 Å². The first kappa shape index (κ1) is 10.5. The van der Waals surface area contributed by atoms with Crippen LogP contribution in [0.1, 0.15) is 17.2 Å². The Balaban J connectivity index is 2.11. The van der Waals surface area contributed by atoms with Crippen LogP contribution in [-0.2, 0) is 0 Å². The lowest BCUT2D eigenvalue weighted by atomic mass is 9.96. The fourth-order valence-corrected chi connectivity index (χ4v) is 2.50. The number of aliphatic imine (C=N–C) groups is 1. The molecular weight excluding hydrogens is 276 g/mol. The average Bonchev–Trinajstić information content (AvgIpc) is 2.39. The predicted molar refractivity (Wildman–Crippen MR) is 73.9 cm³/mol. The molecule has 2 aromatic carbocycles. The number of para-hydroxylation sites is 1. The molecule has 0 aromatic heterocycles. The van der Waals surface area contributed by atoms with Gasteiger partial charge in [0.25, 0.3) is 0 Å². The maximum Gasteiger partial charge on any atom is 0.171 e. The van der Waals surface area contributed by atoms with E-state index in [0.717, 1.165) is 10.4 Å². The Labute approximate surface area is 109 Å². The first-order valence-electron chi connectivity index (χ1n) is 5.49. The van der Waals surface area contributed by atoms with Crippen LogP contribution in [0.5, 0.6) is 0 Å². The predicted octanol–water partition coefficient (Wildman–Crippen LogP) is 3.76. The van der Waals surface area contributed by atoms with Crippen LogP contribution in [0.15, 0.2) is 59.6 Å². The molecule has 3 rings (SSSR count). The first-order valence-corrected chi connectivity index (χ1v) is 6.28. The molecule has 0 radical (unpaired) electrons. The Morgan fingerprint density at radius 2 is 1.65 bits per heavy atom. The molecule has 3 heteroatoms. The number of nitrogens with zero attached hydrogens (tertiary/aromatic N) is 1. The van der Waals surface area contributed by atoms with Gasteiger partial charge in [0.05, 0.1) is 11.7 Å². The van der Waals surface area contributed by atoms with Gasteiger partial charge in [-0.1, -0.05) is 48.5 Å². The molecule has 0 amide bonds. The Bertz CT molecular complexity index is 563. The van der Waals surface area contributed by atoms with Crippen LogP contribution in [-0.4, -0.2) is 4.74 Å². The lowest BCUT2D eigenvalue weighted by molar-refractivity contribution is 0.759. The summed E-state index contributed by atoms with van der Waals surface area (Å²) in [6.07, 6.45) is 0. The number of hydrogen-bond donors (Lipinski definition) is 1. The highest BCUT2D eigenvalue weighted by molar-refractivity contribution is 9.18. The van der Waals surface area contributed by atoms with Gasteiger partial charge in [-0.2, -0.15) is 0 Å². The van der Waals surface area contributed by atoms with Crippen LogP contribution in [0.2, 0.25) is 0 Å². The van der Waals surface area contributed by atoms with Crippen molar-refractivity contribution in [2.24, 2.45) is 4.99 Å². The number of nitrogens with one attached hydrogen (secondary N) is 1. The summed E-state index contributed by atoms with van der Waals surface area (Å²) in [5.41, 5.74) is 3.47. The topological polar surface area (TPSA) is 24.4 Å². The molecule has 1 atom stereocenters. The molecule has 1 heterocycles. The van der Waals surface area contributed by atoms with E-state index in [0.29, 0.717) is 0 Å². The van der Waals surface area contributed by atoms with Gasteiger partial charge in [-0.25, -0.2) is 4.99 Å². The van der Waals surface area contributed by atoms with Gasteiger partial charge in [0.1, 0.15) is 0 Å². The molecule has 84 valence electrons. The fourth-order valence-electron chi connectivity index (χ4n) is 2.08. The van der Waals surface area contributed by atoms with Crippen molar-refractivity contribution in [3.8, 4) is 0 Å². The molecule has 1 aliphatic heterocycles. The average molecular weight is 287 g/mol. The van der Waals surface area contributed by atoms with Crippen molar-refractivity contribution < 1.29 is 0 Å². The van der Waals surface area contributed by atoms with Gasteiger partial charge in [0, 0.05) is 5.56 Å². The molecule has 1 N–H and O–H groups in total. The van der Waals surface area contributed by atoms with Crippen LogP contribution in [0, 0.1) is 0 Å². The lowest BCUT2D eigenvalue weighted by Crippen LogP contribution is -2.28. The number of amidine groups is 1. The van der Waals surface area contributed by atoms with E-state index < -0.39 is 0 Å². The van der Waals surface area contributed by atoms with Crippen LogP contribution in [0.4, 0.5) is 5.69 Å². The summed E-state index contributed by atoms with van der Waals surface area (Å²) in [5.74, 6) is 0. The number of fused-ring (bicyclic) bond motifs is 1. The molecule has 0 saturated carbocycles. The molecule has 2 aromatic rings. The maximum absolute atomic E-state index is 4.44. The summed E-state index contributed by atoms with van der Waals surface area (Å²) in [6.45, 7) is 0. The van der Waals surface area contributed by atoms with Crippen molar-refractivity contribution >= 4 is 26.4 Å². The van der Waals surface area contributed by atoms with Gasteiger partial charge in [-0.3, -0.25) is 0 Å². The minimum absolute atomic E-state index is 0.166. The van der Waals surface area contributed by atoms with Gasteiger partial charge >= 0.3 is 0 Å². The zero-order valence-electron chi connectivity index (χ0n) is 9.10. The molecule has 17 heavy (non-hydrogen) atoms. The van der Waals surface area contributed by atoms with E-state index in [1.165, 1.54) is 11.1 Å². The molecule has 2 nitrogen and oxygen atoms in total. The Hall–Kier alpha value is -1.61. The smallest absolute Gasteiger partial charge is 0.171 e. The normalized spacial score (nSPS) is 17.9. The number of benzene rings is 2. The van der Waals surface area contributed by atoms with Crippen molar-refractivity contribution in [2.75, 3.05) is 0 Å². The molecule has 1 aliphatic rings. The highest BCUT2D eigenvalue weighted by Gasteiger charge is 2.21. The van der Waals surface area contributed by atoms with E-state index in [2.05, 4.69) is 56.6 Å². The molecule has 0 aliphatic carbocycles. The summed E-state index contributed by atoms with van der Waals surface area (Å²) in [6, 6.07) is 18.8. The summed E-state index contributed by atoms with van der Waals surface area (Å²) in [5, 5.41) is 3.36. The van der Waals surface area contributed by atoms with Gasteiger partial charge < -0.3 is 5.32 Å². The van der Waals surface area contributed by atoms with Crippen LogP contribution in [0.3, 0.4) is 0 Å². The molecule has 0 fully saturated rings. The Morgan fingerprint density at radius 1 is 0.941 bits per heavy atom.